The van der Waals surface area contributed by atoms with Crippen LogP contribution in [0.25, 0.3) is 0 Å². The van der Waals surface area contributed by atoms with Gasteiger partial charge in [-0.3, -0.25) is 29.6 Å². The normalized spacial score (nSPS) is 34.5. The maximum atomic E-state index is 14.7. The van der Waals surface area contributed by atoms with E-state index >= 15 is 0 Å². The Bertz CT molecular complexity index is 2000. The van der Waals surface area contributed by atoms with E-state index in [1.54, 1.807) is 4.90 Å². The Labute approximate surface area is 335 Å². The minimum Gasteiger partial charge on any atom is -0.366 e. The molecule has 7 atom stereocenters. The summed E-state index contributed by atoms with van der Waals surface area (Å²) in [5.41, 5.74) is 3.57. The minimum absolute atomic E-state index is 0.0254. The number of carbonyl (C=O) groups excluding carboxylic acids is 3. The molecule has 0 aromatic carbocycles. The second-order valence-corrected chi connectivity index (χ2v) is 17.7. The molecule has 0 spiro atoms. The number of likely N-dealkylation sites (tertiary alicyclic amines) is 1. The number of rotatable bonds is 4. The number of nitrogens with one attached hydrogen (secondary N) is 2. The molecular weight excluding hydrogens is 722 g/mol. The predicted octanol–water partition coefficient (Wildman–Crippen LogP) is 4.18. The molecule has 0 aromatic rings. The van der Waals surface area contributed by atoms with Crippen molar-refractivity contribution in [2.45, 2.75) is 109 Å². The van der Waals surface area contributed by atoms with Crippen molar-refractivity contribution >= 4 is 29.4 Å². The van der Waals surface area contributed by atoms with Crippen LogP contribution in [0.4, 0.5) is 4.39 Å². The Balaban J connectivity index is 0.805. The van der Waals surface area contributed by atoms with Crippen molar-refractivity contribution in [1.82, 2.24) is 35.2 Å². The van der Waals surface area contributed by atoms with Crippen LogP contribution in [0.3, 0.4) is 0 Å². The molecule has 3 amide bonds. The van der Waals surface area contributed by atoms with Crippen molar-refractivity contribution in [2.24, 2.45) is 27.8 Å². The summed E-state index contributed by atoms with van der Waals surface area (Å²) >= 11 is 0. The van der Waals surface area contributed by atoms with Gasteiger partial charge in [0.15, 0.2) is 0 Å². The third-order valence-electron chi connectivity index (χ3n) is 14.1. The van der Waals surface area contributed by atoms with E-state index in [9.17, 15) is 18.8 Å². The topological polar surface area (TPSA) is 116 Å². The van der Waals surface area contributed by atoms with Gasteiger partial charge in [-0.1, -0.05) is 31.8 Å². The highest BCUT2D eigenvalue weighted by molar-refractivity contribution is 6.05. The summed E-state index contributed by atoms with van der Waals surface area (Å²) < 4.78 is 14.7. The zero-order valence-electron chi connectivity index (χ0n) is 33.6. The number of carbonyl (C=O) groups is 3. The lowest BCUT2D eigenvalue weighted by atomic mass is 9.73. The fourth-order valence-electron chi connectivity index (χ4n) is 10.5. The Morgan fingerprint density at radius 3 is 2.68 bits per heavy atom. The Morgan fingerprint density at radius 2 is 1.86 bits per heavy atom. The number of dihydropyridines is 1. The molecule has 0 aromatic heterocycles. The van der Waals surface area contributed by atoms with E-state index in [1.807, 2.05) is 12.2 Å². The van der Waals surface area contributed by atoms with Crippen LogP contribution in [-0.4, -0.2) is 124 Å². The predicted molar refractivity (Wildman–Crippen MR) is 216 cm³/mol. The number of amides is 3. The minimum atomic E-state index is -0.590. The first kappa shape index (κ1) is 37.9. The Kier molecular flexibility index (Phi) is 10.1. The van der Waals surface area contributed by atoms with E-state index < -0.39 is 6.04 Å². The number of nitrogens with zero attached hydrogens (tertiary/aromatic N) is 7. The van der Waals surface area contributed by atoms with E-state index in [2.05, 4.69) is 81.3 Å². The molecule has 0 radical (unpaired) electrons. The molecule has 7 unspecified atom stereocenters. The van der Waals surface area contributed by atoms with Gasteiger partial charge in [-0.05, 0) is 87.5 Å². The first-order valence-corrected chi connectivity index (χ1v) is 21.3. The average Bonchev–Trinajstić information content (AvgIpc) is 3.92. The number of allylic oxidation sites excluding steroid dienone is 2. The number of piperidine rings is 1. The van der Waals surface area contributed by atoms with Crippen LogP contribution >= 0.6 is 0 Å². The van der Waals surface area contributed by atoms with Gasteiger partial charge >= 0.3 is 0 Å². The molecule has 2 aliphatic carbocycles. The Morgan fingerprint density at radius 1 is 1.02 bits per heavy atom. The van der Waals surface area contributed by atoms with Gasteiger partial charge in [-0.2, -0.15) is 5.10 Å². The van der Waals surface area contributed by atoms with Crippen LogP contribution in [0.1, 0.15) is 85.0 Å². The molecule has 0 bridgehead atoms. The fourth-order valence-corrected chi connectivity index (χ4v) is 10.5. The summed E-state index contributed by atoms with van der Waals surface area (Å²) in [6.07, 6.45) is 17.9. The average molecular weight is 778 g/mol. The molecule has 3 fully saturated rings. The van der Waals surface area contributed by atoms with Crippen molar-refractivity contribution < 1.29 is 18.8 Å². The molecule has 0 saturated carbocycles. The van der Waals surface area contributed by atoms with Gasteiger partial charge in [0.05, 0.1) is 24.1 Å². The quantitative estimate of drug-likeness (QED) is 0.323. The zero-order valence-corrected chi connectivity index (χ0v) is 33.6. The maximum absolute atomic E-state index is 14.7. The summed E-state index contributed by atoms with van der Waals surface area (Å²) in [5, 5.41) is 13.6. The highest BCUT2D eigenvalue weighted by Gasteiger charge is 2.46. The second kappa shape index (κ2) is 15.2. The highest BCUT2D eigenvalue weighted by Crippen LogP contribution is 2.43. The third-order valence-corrected chi connectivity index (χ3v) is 14.1. The second-order valence-electron chi connectivity index (χ2n) is 17.7. The first-order valence-electron chi connectivity index (χ1n) is 21.3. The van der Waals surface area contributed by atoms with Crippen molar-refractivity contribution in [3.8, 4) is 11.8 Å². The van der Waals surface area contributed by atoms with Crippen molar-refractivity contribution in [1.29, 1.82) is 0 Å². The molecule has 12 nitrogen and oxygen atoms in total. The van der Waals surface area contributed by atoms with Gasteiger partial charge in [-0.15, -0.1) is 0 Å². The lowest BCUT2D eigenvalue weighted by Crippen LogP contribution is -2.54. The molecular formula is C44H56FN9O3. The van der Waals surface area contributed by atoms with Crippen LogP contribution in [0.15, 0.2) is 68.8 Å². The molecule has 9 aliphatic rings. The fraction of sp³-hybridized carbons (Fsp3) is 0.614. The van der Waals surface area contributed by atoms with Crippen LogP contribution in [0, 0.1) is 29.6 Å². The standard InChI is InChI=1S/C44H56FN9O3/c1-28-23-32(45)25-34(29(28)2)36-9-6-18-52(36)40-15-16-44(3)46-26-38(54(44)49-40)35-8-4-10-39(47-35)51-21-19-50(20-22-51)17-5-7-30-11-12-33-31(24-30)27-53(43(33)57)37-13-14-41(55)48-42(37)56/h4,10,24-26,28-29,34-37,46H,6,8-9,11-23,27H2,1-3H3,(H,48,55,56). The number of aliphatic imine (C=N–C) groups is 1. The molecule has 7 heterocycles. The van der Waals surface area contributed by atoms with Crippen LogP contribution in [0.2, 0.25) is 0 Å². The lowest BCUT2D eigenvalue weighted by Gasteiger charge is -2.44. The van der Waals surface area contributed by atoms with Crippen molar-refractivity contribution in [3.63, 3.8) is 0 Å². The van der Waals surface area contributed by atoms with Gasteiger partial charge in [-0.25, -0.2) is 9.40 Å². The largest absolute Gasteiger partial charge is 0.366 e. The molecule has 57 heavy (non-hydrogen) atoms. The monoisotopic (exact) mass is 777 g/mol. The SMILES string of the molecule is CC1CC(F)=CC(C2CCCN2C2=NN3C(C4CC=CC(N5CCN(CC#CC6=CC7=C(CC6)C(=O)N(C6CCC(=O)NC6=O)C7)CC5)=N4)=CNC3(C)CC2)C1C. The number of fused-ring (bicyclic) bond motifs is 1. The molecule has 2 N–H and O–H groups in total. The summed E-state index contributed by atoms with van der Waals surface area (Å²) in [7, 11) is 0. The van der Waals surface area contributed by atoms with Crippen molar-refractivity contribution in [2.75, 3.05) is 45.8 Å². The lowest BCUT2D eigenvalue weighted by molar-refractivity contribution is -0.142. The van der Waals surface area contributed by atoms with Gasteiger partial charge in [0.1, 0.15) is 23.4 Å². The molecule has 9 rings (SSSR count). The van der Waals surface area contributed by atoms with E-state index in [-0.39, 0.29) is 47.6 Å². The van der Waals surface area contributed by atoms with E-state index in [1.165, 1.54) is 0 Å². The number of hydrazone groups is 1. The number of piperazine rings is 1. The van der Waals surface area contributed by atoms with Crippen LogP contribution in [-0.2, 0) is 14.4 Å². The molecule has 13 heteroatoms. The third kappa shape index (κ3) is 7.23. The van der Waals surface area contributed by atoms with Crippen LogP contribution in [0.5, 0.6) is 0 Å². The van der Waals surface area contributed by atoms with E-state index in [0.717, 1.165) is 98.9 Å². The van der Waals surface area contributed by atoms with Gasteiger partial charge in [0.25, 0.3) is 5.91 Å². The number of amidine groups is 2. The van der Waals surface area contributed by atoms with E-state index in [4.69, 9.17) is 10.1 Å². The maximum Gasteiger partial charge on any atom is 0.251 e. The summed E-state index contributed by atoms with van der Waals surface area (Å²) in [6.45, 7) is 12.3. The van der Waals surface area contributed by atoms with Gasteiger partial charge in [0, 0.05) is 87.8 Å². The summed E-state index contributed by atoms with van der Waals surface area (Å²) in [6, 6.07) is -0.323. The summed E-state index contributed by atoms with van der Waals surface area (Å²) in [5.74, 6) is 9.23. The smallest absolute Gasteiger partial charge is 0.251 e. The van der Waals surface area contributed by atoms with Crippen LogP contribution < -0.4 is 10.6 Å². The number of halogens is 1. The number of hydrogen-bond donors (Lipinski definition) is 2. The van der Waals surface area contributed by atoms with Gasteiger partial charge in [0.2, 0.25) is 11.8 Å². The molecule has 302 valence electrons. The zero-order chi connectivity index (χ0) is 39.4. The van der Waals surface area contributed by atoms with E-state index in [0.29, 0.717) is 56.7 Å². The molecule has 3 saturated heterocycles. The number of imide groups is 1. The summed E-state index contributed by atoms with van der Waals surface area (Å²) in [4.78, 5) is 51.4. The number of hydrogen-bond acceptors (Lipinski definition) is 10. The Hall–Kier alpha value is -4.70. The molecule has 7 aliphatic heterocycles. The first-order chi connectivity index (χ1) is 27.5. The van der Waals surface area contributed by atoms with Crippen molar-refractivity contribution in [3.05, 3.63) is 58.7 Å². The van der Waals surface area contributed by atoms with Gasteiger partial charge < -0.3 is 20.0 Å². The highest BCUT2D eigenvalue weighted by atomic mass is 19.1.